The number of hydrogen-bond donors (Lipinski definition) is 1. The van der Waals surface area contributed by atoms with Gasteiger partial charge in [0.15, 0.2) is 0 Å². The number of hydrogen-bond acceptors (Lipinski definition) is 1. The van der Waals surface area contributed by atoms with E-state index in [1.165, 1.54) is 43.3 Å². The van der Waals surface area contributed by atoms with Gasteiger partial charge in [0.1, 0.15) is 5.75 Å². The molecule has 0 atom stereocenters. The Hall–Kier alpha value is -3.06. The summed E-state index contributed by atoms with van der Waals surface area (Å²) >= 11 is 0. The number of aromatic hydroxyl groups is 1. The minimum atomic E-state index is 0.312. The molecular formula is C23H16O. The quantitative estimate of drug-likeness (QED) is 0.262. The maximum absolute atomic E-state index is 9.85. The van der Waals surface area contributed by atoms with Gasteiger partial charge in [-0.1, -0.05) is 42.5 Å². The molecule has 0 aliphatic heterocycles. The summed E-state index contributed by atoms with van der Waals surface area (Å²) in [5.74, 6) is 0.312. The van der Waals surface area contributed by atoms with Crippen molar-refractivity contribution in [3.63, 3.8) is 0 Å². The zero-order valence-electron chi connectivity index (χ0n) is 13.4. The topological polar surface area (TPSA) is 20.2 Å². The van der Waals surface area contributed by atoms with E-state index < -0.39 is 0 Å². The minimum Gasteiger partial charge on any atom is -0.508 e. The van der Waals surface area contributed by atoms with Gasteiger partial charge in [-0.15, -0.1) is 0 Å². The monoisotopic (exact) mass is 308 g/mol. The normalized spacial score (nSPS) is 11.7. The Kier molecular flexibility index (Phi) is 2.63. The molecule has 0 saturated heterocycles. The molecule has 0 spiro atoms. The predicted molar refractivity (Wildman–Crippen MR) is 103 cm³/mol. The Morgan fingerprint density at radius 3 is 2.08 bits per heavy atom. The summed E-state index contributed by atoms with van der Waals surface area (Å²) in [4.78, 5) is 0. The van der Waals surface area contributed by atoms with Gasteiger partial charge in [-0.05, 0) is 85.9 Å². The molecule has 114 valence electrons. The first-order chi connectivity index (χ1) is 11.7. The van der Waals surface area contributed by atoms with Crippen molar-refractivity contribution >= 4 is 43.1 Å². The molecule has 1 heteroatoms. The molecule has 0 heterocycles. The number of fused-ring (bicyclic) bond motifs is 5. The molecule has 24 heavy (non-hydrogen) atoms. The molecular weight excluding hydrogens is 292 g/mol. The highest BCUT2D eigenvalue weighted by Crippen LogP contribution is 2.35. The van der Waals surface area contributed by atoms with E-state index in [1.807, 2.05) is 12.1 Å². The predicted octanol–water partition coefficient (Wildman–Crippen LogP) is 6.31. The Morgan fingerprint density at radius 2 is 1.25 bits per heavy atom. The van der Waals surface area contributed by atoms with Gasteiger partial charge in [-0.25, -0.2) is 0 Å². The molecule has 0 radical (unpaired) electrons. The second-order valence-corrected chi connectivity index (χ2v) is 6.49. The molecule has 0 fully saturated rings. The van der Waals surface area contributed by atoms with Gasteiger partial charge in [0, 0.05) is 0 Å². The van der Waals surface area contributed by atoms with Gasteiger partial charge in [0.25, 0.3) is 0 Å². The third-order valence-electron chi connectivity index (χ3n) is 5.07. The van der Waals surface area contributed by atoms with Crippen LogP contribution in [0.5, 0.6) is 5.75 Å². The van der Waals surface area contributed by atoms with Crippen LogP contribution in [0.25, 0.3) is 43.1 Å². The molecule has 0 bridgehead atoms. The van der Waals surface area contributed by atoms with Crippen LogP contribution in [0.3, 0.4) is 0 Å². The molecule has 5 aromatic rings. The van der Waals surface area contributed by atoms with E-state index in [1.54, 1.807) is 6.07 Å². The second-order valence-electron chi connectivity index (χ2n) is 6.49. The summed E-state index contributed by atoms with van der Waals surface area (Å²) in [6, 6.07) is 25.3. The first-order valence-electron chi connectivity index (χ1n) is 8.18. The van der Waals surface area contributed by atoms with Crippen LogP contribution in [-0.2, 0) is 0 Å². The van der Waals surface area contributed by atoms with Gasteiger partial charge < -0.3 is 5.11 Å². The Labute approximate surface area is 139 Å². The third-order valence-corrected chi connectivity index (χ3v) is 5.07. The molecule has 0 aliphatic rings. The van der Waals surface area contributed by atoms with Crippen LogP contribution in [0.2, 0.25) is 0 Å². The zero-order chi connectivity index (χ0) is 16.3. The fraction of sp³-hybridized carbons (Fsp3) is 0.0435. The standard InChI is InChI=1S/C23H16O/c1-14-20-9-7-19(24)11-18(20)13-23-21(14)8-6-17-10-15-4-2-3-5-16(15)12-22(17)23/h2-13,24H,1H3. The maximum atomic E-state index is 9.85. The highest BCUT2D eigenvalue weighted by atomic mass is 16.3. The number of aryl methyl sites for hydroxylation is 1. The van der Waals surface area contributed by atoms with Gasteiger partial charge in [0.05, 0.1) is 0 Å². The van der Waals surface area contributed by atoms with Crippen molar-refractivity contribution in [3.8, 4) is 5.75 Å². The Bertz CT molecular complexity index is 1270. The lowest BCUT2D eigenvalue weighted by Crippen LogP contribution is -1.85. The molecule has 0 amide bonds. The van der Waals surface area contributed by atoms with Crippen molar-refractivity contribution in [1.29, 1.82) is 0 Å². The van der Waals surface area contributed by atoms with Crippen LogP contribution in [0, 0.1) is 6.92 Å². The lowest BCUT2D eigenvalue weighted by atomic mass is 9.93. The van der Waals surface area contributed by atoms with Crippen molar-refractivity contribution in [2.45, 2.75) is 6.92 Å². The summed E-state index contributed by atoms with van der Waals surface area (Å²) in [6.07, 6.45) is 0. The van der Waals surface area contributed by atoms with Crippen LogP contribution in [-0.4, -0.2) is 5.11 Å². The second kappa shape index (κ2) is 4.72. The summed E-state index contributed by atoms with van der Waals surface area (Å²) in [5, 5.41) is 19.7. The van der Waals surface area contributed by atoms with Crippen LogP contribution in [0.4, 0.5) is 0 Å². The lowest BCUT2D eigenvalue weighted by molar-refractivity contribution is 0.476. The fourth-order valence-electron chi connectivity index (χ4n) is 3.83. The highest BCUT2D eigenvalue weighted by molar-refractivity contribution is 6.16. The van der Waals surface area contributed by atoms with Crippen LogP contribution < -0.4 is 0 Å². The van der Waals surface area contributed by atoms with Crippen LogP contribution in [0.15, 0.2) is 72.8 Å². The molecule has 5 aromatic carbocycles. The average molecular weight is 308 g/mol. The number of benzene rings is 5. The highest BCUT2D eigenvalue weighted by Gasteiger charge is 2.08. The fourth-order valence-corrected chi connectivity index (χ4v) is 3.83. The third kappa shape index (κ3) is 1.82. The number of rotatable bonds is 0. The molecule has 5 rings (SSSR count). The van der Waals surface area contributed by atoms with E-state index in [0.29, 0.717) is 5.75 Å². The van der Waals surface area contributed by atoms with Crippen molar-refractivity contribution in [1.82, 2.24) is 0 Å². The first kappa shape index (κ1) is 13.4. The Balaban J connectivity index is 2.02. The van der Waals surface area contributed by atoms with Crippen molar-refractivity contribution in [2.75, 3.05) is 0 Å². The summed E-state index contributed by atoms with van der Waals surface area (Å²) in [5.41, 5.74) is 1.26. The van der Waals surface area contributed by atoms with Crippen LogP contribution >= 0.6 is 0 Å². The smallest absolute Gasteiger partial charge is 0.116 e. The van der Waals surface area contributed by atoms with Crippen molar-refractivity contribution in [2.24, 2.45) is 0 Å². The molecule has 0 aromatic heterocycles. The Morgan fingerprint density at radius 1 is 0.542 bits per heavy atom. The first-order valence-corrected chi connectivity index (χ1v) is 8.18. The molecule has 0 aliphatic carbocycles. The number of phenolic OH excluding ortho intramolecular Hbond substituents is 1. The zero-order valence-corrected chi connectivity index (χ0v) is 13.4. The van der Waals surface area contributed by atoms with Gasteiger partial charge in [0.2, 0.25) is 0 Å². The van der Waals surface area contributed by atoms with E-state index in [2.05, 4.69) is 61.5 Å². The van der Waals surface area contributed by atoms with E-state index in [0.717, 1.165) is 5.39 Å². The van der Waals surface area contributed by atoms with Crippen LogP contribution in [0.1, 0.15) is 5.56 Å². The molecule has 0 unspecified atom stereocenters. The van der Waals surface area contributed by atoms with E-state index in [9.17, 15) is 5.11 Å². The van der Waals surface area contributed by atoms with Gasteiger partial charge >= 0.3 is 0 Å². The van der Waals surface area contributed by atoms with Gasteiger partial charge in [-0.2, -0.15) is 0 Å². The SMILES string of the molecule is Cc1c2ccc(O)cc2cc2c1ccc1cc3ccccc3cc12. The van der Waals surface area contributed by atoms with Crippen molar-refractivity contribution in [3.05, 3.63) is 78.4 Å². The van der Waals surface area contributed by atoms with E-state index in [4.69, 9.17) is 0 Å². The van der Waals surface area contributed by atoms with E-state index >= 15 is 0 Å². The van der Waals surface area contributed by atoms with Gasteiger partial charge in [-0.3, -0.25) is 0 Å². The van der Waals surface area contributed by atoms with E-state index in [-0.39, 0.29) is 0 Å². The lowest BCUT2D eigenvalue weighted by Gasteiger charge is -2.11. The summed E-state index contributed by atoms with van der Waals surface area (Å²) in [6.45, 7) is 2.16. The molecule has 1 N–H and O–H groups in total. The summed E-state index contributed by atoms with van der Waals surface area (Å²) < 4.78 is 0. The van der Waals surface area contributed by atoms with Crippen molar-refractivity contribution < 1.29 is 5.11 Å². The molecule has 0 saturated carbocycles. The maximum Gasteiger partial charge on any atom is 0.116 e. The number of phenols is 1. The summed E-state index contributed by atoms with van der Waals surface area (Å²) in [7, 11) is 0. The largest absolute Gasteiger partial charge is 0.508 e. The minimum absolute atomic E-state index is 0.312. The molecule has 1 nitrogen and oxygen atoms in total. The average Bonchev–Trinajstić information content (AvgIpc) is 2.60.